The summed E-state index contributed by atoms with van der Waals surface area (Å²) in [5.41, 5.74) is 1.53. The first-order valence-corrected chi connectivity index (χ1v) is 8.26. The van der Waals surface area contributed by atoms with Gasteiger partial charge < -0.3 is 10.4 Å². The molecule has 4 rings (SSSR count). The smallest absolute Gasteiger partial charge is 0.251 e. The predicted octanol–water partition coefficient (Wildman–Crippen LogP) is 1.23. The van der Waals surface area contributed by atoms with Crippen molar-refractivity contribution in [3.05, 3.63) is 72.3 Å². The first-order chi connectivity index (χ1) is 12.2. The zero-order chi connectivity index (χ0) is 17.2. The zero-order valence-electron chi connectivity index (χ0n) is 13.6. The van der Waals surface area contributed by atoms with Crippen molar-refractivity contribution in [2.45, 2.75) is 31.2 Å². The van der Waals surface area contributed by atoms with Crippen LogP contribution in [-0.4, -0.2) is 42.7 Å². The van der Waals surface area contributed by atoms with E-state index in [9.17, 15) is 9.90 Å². The summed E-state index contributed by atoms with van der Waals surface area (Å²) in [5.74, 6) is -0.142. The van der Waals surface area contributed by atoms with Crippen LogP contribution in [0.25, 0.3) is 0 Å². The van der Waals surface area contributed by atoms with Crippen molar-refractivity contribution in [2.75, 3.05) is 0 Å². The van der Waals surface area contributed by atoms with E-state index in [1.165, 1.54) is 0 Å². The van der Waals surface area contributed by atoms with Gasteiger partial charge in [0.25, 0.3) is 5.91 Å². The second-order valence-corrected chi connectivity index (χ2v) is 6.22. The van der Waals surface area contributed by atoms with E-state index in [1.54, 1.807) is 28.0 Å². The second kappa shape index (κ2) is 6.52. The Kier molecular flexibility index (Phi) is 4.07. The van der Waals surface area contributed by atoms with Crippen molar-refractivity contribution in [1.82, 2.24) is 24.9 Å². The molecule has 1 aliphatic carbocycles. The van der Waals surface area contributed by atoms with Gasteiger partial charge in [-0.15, -0.1) is 0 Å². The maximum absolute atomic E-state index is 12.8. The Hall–Kier alpha value is -2.93. The normalized spacial score (nSPS) is 22.4. The Morgan fingerprint density at radius 1 is 1.16 bits per heavy atom. The summed E-state index contributed by atoms with van der Waals surface area (Å²) in [4.78, 5) is 12.8. The van der Waals surface area contributed by atoms with E-state index in [0.717, 1.165) is 5.56 Å². The van der Waals surface area contributed by atoms with Gasteiger partial charge in [-0.2, -0.15) is 10.2 Å². The molecule has 2 aromatic heterocycles. The Labute approximate surface area is 144 Å². The van der Waals surface area contributed by atoms with E-state index in [1.807, 2.05) is 42.6 Å². The molecule has 7 nitrogen and oxygen atoms in total. The van der Waals surface area contributed by atoms with Gasteiger partial charge in [-0.1, -0.05) is 18.2 Å². The molecule has 1 aromatic carbocycles. The average Bonchev–Trinajstić information content (AvgIpc) is 3.29. The molecule has 0 unspecified atom stereocenters. The van der Waals surface area contributed by atoms with E-state index < -0.39 is 6.10 Å². The number of nitrogens with one attached hydrogen (secondary N) is 1. The van der Waals surface area contributed by atoms with Crippen LogP contribution in [0, 0.1) is 0 Å². The van der Waals surface area contributed by atoms with Crippen molar-refractivity contribution in [3.63, 3.8) is 0 Å². The highest BCUT2D eigenvalue weighted by Gasteiger charge is 2.42. The minimum atomic E-state index is -0.496. The third-order valence-corrected chi connectivity index (χ3v) is 4.60. The average molecular weight is 337 g/mol. The van der Waals surface area contributed by atoms with Crippen molar-refractivity contribution in [2.24, 2.45) is 0 Å². The van der Waals surface area contributed by atoms with Gasteiger partial charge in [0.15, 0.2) is 0 Å². The van der Waals surface area contributed by atoms with Gasteiger partial charge in [0.1, 0.15) is 0 Å². The molecule has 128 valence electrons. The van der Waals surface area contributed by atoms with Crippen molar-refractivity contribution >= 4 is 5.91 Å². The van der Waals surface area contributed by atoms with E-state index >= 15 is 0 Å². The van der Waals surface area contributed by atoms with E-state index in [-0.39, 0.29) is 18.0 Å². The number of hydrogen-bond acceptors (Lipinski definition) is 4. The monoisotopic (exact) mass is 337 g/mol. The summed E-state index contributed by atoms with van der Waals surface area (Å²) in [5, 5.41) is 21.4. The zero-order valence-corrected chi connectivity index (χ0v) is 13.6. The fourth-order valence-electron chi connectivity index (χ4n) is 3.27. The Bertz CT molecular complexity index is 844. The number of carbonyl (C=O) groups is 1. The number of nitrogens with zero attached hydrogens (tertiary/aromatic N) is 4. The van der Waals surface area contributed by atoms with Gasteiger partial charge in [-0.25, -0.2) is 0 Å². The molecule has 2 heterocycles. The molecule has 1 aliphatic rings. The molecular weight excluding hydrogens is 318 g/mol. The third-order valence-electron chi connectivity index (χ3n) is 4.60. The molecule has 0 bridgehead atoms. The lowest BCUT2D eigenvalue weighted by Gasteiger charge is -2.41. The SMILES string of the molecule is O=C(N[C@H]1C[C@@H](O)[C@@H]1n1cccn1)c1ccccc1Cn1cccn1. The molecule has 2 N–H and O–H groups in total. The van der Waals surface area contributed by atoms with Crippen molar-refractivity contribution < 1.29 is 9.90 Å². The quantitative estimate of drug-likeness (QED) is 0.733. The maximum atomic E-state index is 12.8. The highest BCUT2D eigenvalue weighted by molar-refractivity contribution is 5.96. The molecule has 1 amide bonds. The number of amides is 1. The highest BCUT2D eigenvalue weighted by atomic mass is 16.3. The summed E-state index contributed by atoms with van der Waals surface area (Å²) >= 11 is 0. The summed E-state index contributed by atoms with van der Waals surface area (Å²) in [6, 6.07) is 10.8. The molecule has 0 saturated heterocycles. The van der Waals surface area contributed by atoms with Crippen LogP contribution in [0.1, 0.15) is 28.4 Å². The highest BCUT2D eigenvalue weighted by Crippen LogP contribution is 2.32. The minimum absolute atomic E-state index is 0.139. The van der Waals surface area contributed by atoms with Crippen LogP contribution in [0.15, 0.2) is 61.2 Å². The van der Waals surface area contributed by atoms with Gasteiger partial charge in [0, 0.05) is 30.4 Å². The topological polar surface area (TPSA) is 85.0 Å². The lowest BCUT2D eigenvalue weighted by molar-refractivity contribution is -0.00589. The van der Waals surface area contributed by atoms with Crippen LogP contribution in [0.3, 0.4) is 0 Å². The molecule has 7 heteroatoms. The second-order valence-electron chi connectivity index (χ2n) is 6.22. The standard InChI is InChI=1S/C18H19N5O2/c24-16-11-15(17(16)23-10-4-8-20-23)21-18(25)14-6-2-1-5-13(14)12-22-9-3-7-19-22/h1-10,15-17,24H,11-12H2,(H,21,25)/t15-,16+,17+/m0/s1. The number of aliphatic hydroxyl groups is 1. The summed E-state index contributed by atoms with van der Waals surface area (Å²) in [7, 11) is 0. The summed E-state index contributed by atoms with van der Waals surface area (Å²) in [6.07, 6.45) is 7.08. The van der Waals surface area contributed by atoms with E-state index in [2.05, 4.69) is 15.5 Å². The Balaban J connectivity index is 1.50. The van der Waals surface area contributed by atoms with Crippen LogP contribution < -0.4 is 5.32 Å². The Morgan fingerprint density at radius 3 is 2.68 bits per heavy atom. The number of aromatic nitrogens is 4. The molecule has 3 aromatic rings. The maximum Gasteiger partial charge on any atom is 0.251 e. The van der Waals surface area contributed by atoms with Crippen LogP contribution >= 0.6 is 0 Å². The molecule has 3 atom stereocenters. The molecule has 0 spiro atoms. The van der Waals surface area contributed by atoms with Crippen LogP contribution in [0.4, 0.5) is 0 Å². The van der Waals surface area contributed by atoms with Gasteiger partial charge in [-0.05, 0) is 30.2 Å². The predicted molar refractivity (Wildman–Crippen MR) is 90.9 cm³/mol. The largest absolute Gasteiger partial charge is 0.391 e. The first-order valence-electron chi connectivity index (χ1n) is 8.26. The number of rotatable bonds is 5. The Morgan fingerprint density at radius 2 is 1.96 bits per heavy atom. The van der Waals surface area contributed by atoms with Crippen molar-refractivity contribution in [1.29, 1.82) is 0 Å². The summed E-state index contributed by atoms with van der Waals surface area (Å²) < 4.78 is 3.49. The van der Waals surface area contributed by atoms with E-state index in [4.69, 9.17) is 0 Å². The number of benzene rings is 1. The first kappa shape index (κ1) is 15.6. The van der Waals surface area contributed by atoms with Crippen LogP contribution in [-0.2, 0) is 6.54 Å². The van der Waals surface area contributed by atoms with Crippen LogP contribution in [0.5, 0.6) is 0 Å². The number of aliphatic hydroxyl groups excluding tert-OH is 1. The fourth-order valence-corrected chi connectivity index (χ4v) is 3.27. The van der Waals surface area contributed by atoms with Crippen molar-refractivity contribution in [3.8, 4) is 0 Å². The molecule has 0 radical (unpaired) electrons. The summed E-state index contributed by atoms with van der Waals surface area (Å²) in [6.45, 7) is 0.534. The van der Waals surface area contributed by atoms with Gasteiger partial charge in [0.05, 0.1) is 24.7 Å². The van der Waals surface area contributed by atoms with Gasteiger partial charge in [0.2, 0.25) is 0 Å². The lowest BCUT2D eigenvalue weighted by Crippen LogP contribution is -2.56. The van der Waals surface area contributed by atoms with E-state index in [0.29, 0.717) is 18.5 Å². The number of carbonyl (C=O) groups excluding carboxylic acids is 1. The molecule has 0 aliphatic heterocycles. The molecule has 25 heavy (non-hydrogen) atoms. The third kappa shape index (κ3) is 3.06. The van der Waals surface area contributed by atoms with Crippen LogP contribution in [0.2, 0.25) is 0 Å². The fraction of sp³-hybridized carbons (Fsp3) is 0.278. The number of hydrogen-bond donors (Lipinski definition) is 2. The lowest BCUT2D eigenvalue weighted by atomic mass is 9.82. The van der Waals surface area contributed by atoms with Gasteiger partial charge >= 0.3 is 0 Å². The molecule has 1 fully saturated rings. The van der Waals surface area contributed by atoms with Gasteiger partial charge in [-0.3, -0.25) is 14.2 Å². The molecular formula is C18H19N5O2. The minimum Gasteiger partial charge on any atom is -0.391 e. The molecule has 1 saturated carbocycles.